The van der Waals surface area contributed by atoms with Gasteiger partial charge >= 0.3 is 0 Å². The number of nitrogens with zero attached hydrogens (tertiary/aromatic N) is 1. The molecule has 2 N–H and O–H groups in total. The van der Waals surface area contributed by atoms with Crippen LogP contribution in [0.4, 0.5) is 15.8 Å². The van der Waals surface area contributed by atoms with Crippen molar-refractivity contribution in [3.63, 3.8) is 0 Å². The summed E-state index contributed by atoms with van der Waals surface area (Å²) in [5, 5.41) is 16.3. The zero-order valence-electron chi connectivity index (χ0n) is 10.2. The van der Waals surface area contributed by atoms with Crippen molar-refractivity contribution in [1.82, 2.24) is 5.32 Å². The van der Waals surface area contributed by atoms with Crippen molar-refractivity contribution >= 4 is 17.3 Å². The standard InChI is InChI=1S/C12H14FN3O3/c13-9-3-4-10(11(7-9)16(18)19)14-5-6-15-12(17)8-1-2-8/h3-4,7-8,14H,1-2,5-6H2,(H,15,17). The average molecular weight is 267 g/mol. The molecular formula is C12H14FN3O3. The van der Waals surface area contributed by atoms with E-state index in [-0.39, 0.29) is 23.2 Å². The third-order valence-electron chi connectivity index (χ3n) is 2.84. The zero-order chi connectivity index (χ0) is 13.8. The lowest BCUT2D eigenvalue weighted by Crippen LogP contribution is -2.29. The molecule has 1 amide bonds. The van der Waals surface area contributed by atoms with Crippen LogP contribution in [-0.4, -0.2) is 23.9 Å². The molecule has 0 radical (unpaired) electrons. The van der Waals surface area contributed by atoms with Crippen molar-refractivity contribution in [2.24, 2.45) is 5.92 Å². The summed E-state index contributed by atoms with van der Waals surface area (Å²) in [6.45, 7) is 0.731. The van der Waals surface area contributed by atoms with Crippen molar-refractivity contribution in [3.05, 3.63) is 34.1 Å². The Hall–Kier alpha value is -2.18. The molecule has 0 atom stereocenters. The van der Waals surface area contributed by atoms with Crippen LogP contribution in [0.15, 0.2) is 18.2 Å². The number of carbonyl (C=O) groups excluding carboxylic acids is 1. The Morgan fingerprint density at radius 2 is 2.16 bits per heavy atom. The molecule has 2 rings (SSSR count). The van der Waals surface area contributed by atoms with E-state index < -0.39 is 10.7 Å². The van der Waals surface area contributed by atoms with Crippen molar-refractivity contribution < 1.29 is 14.1 Å². The van der Waals surface area contributed by atoms with Crippen molar-refractivity contribution in [2.75, 3.05) is 18.4 Å². The number of nitro groups is 1. The highest BCUT2D eigenvalue weighted by Gasteiger charge is 2.29. The maximum absolute atomic E-state index is 12.9. The fourth-order valence-electron chi connectivity index (χ4n) is 1.68. The lowest BCUT2D eigenvalue weighted by Gasteiger charge is -2.08. The van der Waals surface area contributed by atoms with Crippen LogP contribution in [0.25, 0.3) is 0 Å². The Bertz CT molecular complexity index is 503. The first kappa shape index (κ1) is 13.3. The van der Waals surface area contributed by atoms with Gasteiger partial charge in [-0.3, -0.25) is 14.9 Å². The van der Waals surface area contributed by atoms with Crippen LogP contribution in [0, 0.1) is 21.8 Å². The minimum Gasteiger partial charge on any atom is -0.378 e. The van der Waals surface area contributed by atoms with Crippen LogP contribution in [0.5, 0.6) is 0 Å². The van der Waals surface area contributed by atoms with Gasteiger partial charge in [-0.2, -0.15) is 0 Å². The van der Waals surface area contributed by atoms with E-state index in [0.717, 1.165) is 25.0 Å². The molecule has 0 saturated heterocycles. The Balaban J connectivity index is 1.84. The molecule has 0 bridgehead atoms. The summed E-state index contributed by atoms with van der Waals surface area (Å²) in [6.07, 6.45) is 1.87. The van der Waals surface area contributed by atoms with E-state index in [4.69, 9.17) is 0 Å². The fourth-order valence-corrected chi connectivity index (χ4v) is 1.68. The molecule has 0 heterocycles. The van der Waals surface area contributed by atoms with Gasteiger partial charge in [0.15, 0.2) is 0 Å². The van der Waals surface area contributed by atoms with Gasteiger partial charge < -0.3 is 10.6 Å². The van der Waals surface area contributed by atoms with Gasteiger partial charge in [0.25, 0.3) is 5.69 Å². The van der Waals surface area contributed by atoms with Gasteiger partial charge in [0.1, 0.15) is 11.5 Å². The molecule has 1 saturated carbocycles. The maximum Gasteiger partial charge on any atom is 0.295 e. The van der Waals surface area contributed by atoms with Crippen LogP contribution in [0.1, 0.15) is 12.8 Å². The molecule has 1 aromatic rings. The van der Waals surface area contributed by atoms with Crippen LogP contribution >= 0.6 is 0 Å². The van der Waals surface area contributed by atoms with Crippen molar-refractivity contribution in [3.8, 4) is 0 Å². The number of rotatable bonds is 6. The van der Waals surface area contributed by atoms with Gasteiger partial charge in [-0.05, 0) is 25.0 Å². The largest absolute Gasteiger partial charge is 0.378 e. The quantitative estimate of drug-likeness (QED) is 0.466. The van der Waals surface area contributed by atoms with Crippen molar-refractivity contribution in [2.45, 2.75) is 12.8 Å². The maximum atomic E-state index is 12.9. The van der Waals surface area contributed by atoms with Gasteiger partial charge in [0, 0.05) is 19.0 Å². The van der Waals surface area contributed by atoms with Gasteiger partial charge in [-0.25, -0.2) is 4.39 Å². The molecule has 6 nitrogen and oxygen atoms in total. The predicted octanol–water partition coefficient (Wildman–Crippen LogP) is 1.67. The molecule has 1 aliphatic carbocycles. The molecule has 7 heteroatoms. The van der Waals surface area contributed by atoms with E-state index in [1.165, 1.54) is 6.07 Å². The van der Waals surface area contributed by atoms with Crippen LogP contribution in [0.2, 0.25) is 0 Å². The summed E-state index contributed by atoms with van der Waals surface area (Å²) in [5.74, 6) is -0.491. The summed E-state index contributed by atoms with van der Waals surface area (Å²) in [4.78, 5) is 21.4. The SMILES string of the molecule is O=C(NCCNc1ccc(F)cc1[N+](=O)[O-])C1CC1. The topological polar surface area (TPSA) is 84.3 Å². The second kappa shape index (κ2) is 5.64. The van der Waals surface area contributed by atoms with Gasteiger partial charge in [0.2, 0.25) is 5.91 Å². The summed E-state index contributed by atoms with van der Waals surface area (Å²) in [7, 11) is 0. The first-order valence-corrected chi connectivity index (χ1v) is 6.03. The highest BCUT2D eigenvalue weighted by molar-refractivity contribution is 5.80. The molecule has 1 aromatic carbocycles. The Morgan fingerprint density at radius 1 is 1.42 bits per heavy atom. The molecular weight excluding hydrogens is 253 g/mol. The van der Waals surface area contributed by atoms with Gasteiger partial charge in [-0.1, -0.05) is 0 Å². The number of hydrogen-bond donors (Lipinski definition) is 2. The normalized spacial score (nSPS) is 13.9. The van der Waals surface area contributed by atoms with E-state index in [9.17, 15) is 19.3 Å². The minimum atomic E-state index is -0.653. The second-order valence-electron chi connectivity index (χ2n) is 4.41. The molecule has 0 aliphatic heterocycles. The van der Waals surface area contributed by atoms with E-state index >= 15 is 0 Å². The van der Waals surface area contributed by atoms with E-state index in [1.54, 1.807) is 0 Å². The van der Waals surface area contributed by atoms with Crippen molar-refractivity contribution in [1.29, 1.82) is 0 Å². The second-order valence-corrected chi connectivity index (χ2v) is 4.41. The fraction of sp³-hybridized carbons (Fsp3) is 0.417. The van der Waals surface area contributed by atoms with Crippen LogP contribution in [0.3, 0.4) is 0 Å². The van der Waals surface area contributed by atoms with E-state index in [2.05, 4.69) is 10.6 Å². The first-order valence-electron chi connectivity index (χ1n) is 6.03. The predicted molar refractivity (Wildman–Crippen MR) is 67.3 cm³/mol. The van der Waals surface area contributed by atoms with E-state index in [1.807, 2.05) is 0 Å². The number of halogens is 1. The lowest BCUT2D eigenvalue weighted by molar-refractivity contribution is -0.384. The Kier molecular flexibility index (Phi) is 3.94. The smallest absolute Gasteiger partial charge is 0.295 e. The molecule has 1 fully saturated rings. The highest BCUT2D eigenvalue weighted by atomic mass is 19.1. The number of amides is 1. The highest BCUT2D eigenvalue weighted by Crippen LogP contribution is 2.28. The third kappa shape index (κ3) is 3.64. The van der Waals surface area contributed by atoms with Crippen LogP contribution < -0.4 is 10.6 Å². The summed E-state index contributed by atoms with van der Waals surface area (Å²) in [6, 6.07) is 3.33. The monoisotopic (exact) mass is 267 g/mol. The third-order valence-corrected chi connectivity index (χ3v) is 2.84. The number of nitrogens with one attached hydrogen (secondary N) is 2. The van der Waals surface area contributed by atoms with Gasteiger partial charge in [0.05, 0.1) is 11.0 Å². The number of benzene rings is 1. The average Bonchev–Trinajstić information content (AvgIpc) is 3.19. The molecule has 1 aliphatic rings. The number of anilines is 1. The number of nitro benzene ring substituents is 1. The summed E-state index contributed by atoms with van der Waals surface area (Å²) in [5.41, 5.74) is -0.0689. The van der Waals surface area contributed by atoms with Gasteiger partial charge in [-0.15, -0.1) is 0 Å². The zero-order valence-corrected chi connectivity index (χ0v) is 10.2. The molecule has 0 unspecified atom stereocenters. The first-order chi connectivity index (χ1) is 9.08. The summed E-state index contributed by atoms with van der Waals surface area (Å²) >= 11 is 0. The Labute approximate surface area is 109 Å². The molecule has 102 valence electrons. The van der Waals surface area contributed by atoms with Crippen LogP contribution in [-0.2, 0) is 4.79 Å². The summed E-state index contributed by atoms with van der Waals surface area (Å²) < 4.78 is 12.9. The minimum absolute atomic E-state index is 0.0235. The van der Waals surface area contributed by atoms with E-state index in [0.29, 0.717) is 13.1 Å². The number of hydrogen-bond acceptors (Lipinski definition) is 4. The molecule has 19 heavy (non-hydrogen) atoms. The molecule has 0 spiro atoms. The Morgan fingerprint density at radius 3 is 2.79 bits per heavy atom. The number of carbonyl (C=O) groups is 1. The lowest BCUT2D eigenvalue weighted by atomic mass is 10.2. The molecule has 0 aromatic heterocycles.